The number of para-hydroxylation sites is 1. The van der Waals surface area contributed by atoms with Crippen LogP contribution in [0.3, 0.4) is 0 Å². The van der Waals surface area contributed by atoms with Crippen LogP contribution in [0.25, 0.3) is 10.9 Å². The first-order valence-corrected chi connectivity index (χ1v) is 8.35. The van der Waals surface area contributed by atoms with E-state index < -0.39 is 0 Å². The molecule has 0 saturated heterocycles. The molecule has 0 spiro atoms. The third kappa shape index (κ3) is 3.40. The highest BCUT2D eigenvalue weighted by atomic mass is 16.2. The molecule has 5 nitrogen and oxygen atoms in total. The number of nitrogens with one attached hydrogen (secondary N) is 2. The van der Waals surface area contributed by atoms with Gasteiger partial charge in [-0.05, 0) is 51.7 Å². The number of fused-ring (bicyclic) bond motifs is 2. The summed E-state index contributed by atoms with van der Waals surface area (Å²) in [5, 5.41) is 6.47. The quantitative estimate of drug-likeness (QED) is 0.910. The third-order valence-electron chi connectivity index (χ3n) is 4.07. The fourth-order valence-electron chi connectivity index (χ4n) is 3.18. The molecule has 2 amide bonds. The van der Waals surface area contributed by atoms with Crippen LogP contribution in [0.15, 0.2) is 24.3 Å². The molecule has 0 unspecified atom stereocenters. The van der Waals surface area contributed by atoms with E-state index in [-0.39, 0.29) is 23.9 Å². The number of aromatic nitrogens is 1. The Labute approximate surface area is 141 Å². The standard InChI is InChI=1S/C19H23N3O2/c1-19(2,3)22-16(23)11-20-18(24)17-12-7-4-5-9-14(12)21-15-10-6-8-13(15)17/h4-5,7,9H,6,8,10-11H2,1-3H3,(H,20,24)(H,22,23). The second kappa shape index (κ2) is 6.23. The average molecular weight is 325 g/mol. The molecule has 0 aliphatic heterocycles. The number of benzene rings is 1. The molecule has 3 rings (SSSR count). The van der Waals surface area contributed by atoms with Crippen molar-refractivity contribution in [3.05, 3.63) is 41.1 Å². The molecular weight excluding hydrogens is 302 g/mol. The van der Waals surface area contributed by atoms with Crippen molar-refractivity contribution in [2.75, 3.05) is 6.54 Å². The first kappa shape index (κ1) is 16.4. The van der Waals surface area contributed by atoms with Gasteiger partial charge in [-0.25, -0.2) is 0 Å². The Balaban J connectivity index is 1.86. The molecule has 1 aromatic carbocycles. The fraction of sp³-hybridized carbons (Fsp3) is 0.421. The number of aryl methyl sites for hydroxylation is 1. The predicted octanol–water partition coefficient (Wildman–Crippen LogP) is 2.37. The van der Waals surface area contributed by atoms with E-state index in [1.807, 2.05) is 45.0 Å². The van der Waals surface area contributed by atoms with Crippen molar-refractivity contribution < 1.29 is 9.59 Å². The number of carbonyl (C=O) groups is 2. The van der Waals surface area contributed by atoms with Gasteiger partial charge in [0.15, 0.2) is 0 Å². The first-order valence-electron chi connectivity index (χ1n) is 8.35. The number of carbonyl (C=O) groups excluding carboxylic acids is 2. The van der Waals surface area contributed by atoms with E-state index in [0.29, 0.717) is 5.56 Å². The van der Waals surface area contributed by atoms with E-state index in [9.17, 15) is 9.59 Å². The Morgan fingerprint density at radius 1 is 1.17 bits per heavy atom. The highest BCUT2D eigenvalue weighted by Crippen LogP contribution is 2.29. The van der Waals surface area contributed by atoms with Crippen LogP contribution < -0.4 is 10.6 Å². The summed E-state index contributed by atoms with van der Waals surface area (Å²) in [5.74, 6) is -0.387. The molecule has 1 aliphatic carbocycles. The van der Waals surface area contributed by atoms with Gasteiger partial charge in [-0.1, -0.05) is 18.2 Å². The zero-order valence-corrected chi connectivity index (χ0v) is 14.4. The predicted molar refractivity (Wildman–Crippen MR) is 94.0 cm³/mol. The highest BCUT2D eigenvalue weighted by Gasteiger charge is 2.24. The van der Waals surface area contributed by atoms with E-state index in [0.717, 1.165) is 41.4 Å². The minimum Gasteiger partial charge on any atom is -0.350 e. The number of pyridine rings is 1. The summed E-state index contributed by atoms with van der Waals surface area (Å²) < 4.78 is 0. The Morgan fingerprint density at radius 2 is 1.92 bits per heavy atom. The van der Waals surface area contributed by atoms with Gasteiger partial charge in [0, 0.05) is 16.6 Å². The zero-order chi connectivity index (χ0) is 17.3. The summed E-state index contributed by atoms with van der Waals surface area (Å²) >= 11 is 0. The zero-order valence-electron chi connectivity index (χ0n) is 14.4. The lowest BCUT2D eigenvalue weighted by Gasteiger charge is -2.20. The van der Waals surface area contributed by atoms with Crippen molar-refractivity contribution in [3.8, 4) is 0 Å². The molecule has 0 saturated carbocycles. The lowest BCUT2D eigenvalue weighted by atomic mass is 10.0. The second-order valence-corrected chi connectivity index (χ2v) is 7.26. The largest absolute Gasteiger partial charge is 0.350 e. The number of hydrogen-bond donors (Lipinski definition) is 2. The summed E-state index contributed by atoms with van der Waals surface area (Å²) in [6, 6.07) is 7.69. The molecule has 2 N–H and O–H groups in total. The summed E-state index contributed by atoms with van der Waals surface area (Å²) in [5.41, 5.74) is 3.24. The molecule has 24 heavy (non-hydrogen) atoms. The monoisotopic (exact) mass is 325 g/mol. The highest BCUT2D eigenvalue weighted by molar-refractivity contribution is 6.08. The fourth-order valence-corrected chi connectivity index (χ4v) is 3.18. The number of nitrogens with zero attached hydrogens (tertiary/aromatic N) is 1. The molecule has 0 radical (unpaired) electrons. The van der Waals surface area contributed by atoms with Crippen LogP contribution in [0, 0.1) is 0 Å². The van der Waals surface area contributed by atoms with Crippen molar-refractivity contribution in [2.45, 2.75) is 45.6 Å². The van der Waals surface area contributed by atoms with Crippen LogP contribution in [0.4, 0.5) is 0 Å². The van der Waals surface area contributed by atoms with Gasteiger partial charge < -0.3 is 10.6 Å². The molecule has 0 fully saturated rings. The molecular formula is C19H23N3O2. The molecule has 0 atom stereocenters. The topological polar surface area (TPSA) is 71.1 Å². The lowest BCUT2D eigenvalue weighted by molar-refractivity contribution is -0.121. The van der Waals surface area contributed by atoms with Gasteiger partial charge in [-0.15, -0.1) is 0 Å². The van der Waals surface area contributed by atoms with Crippen LogP contribution in [-0.2, 0) is 17.6 Å². The second-order valence-electron chi connectivity index (χ2n) is 7.26. The maximum atomic E-state index is 12.8. The maximum Gasteiger partial charge on any atom is 0.252 e. The van der Waals surface area contributed by atoms with Gasteiger partial charge in [0.1, 0.15) is 0 Å². The SMILES string of the molecule is CC(C)(C)NC(=O)CNC(=O)c1c2c(nc3ccccc13)CCC2. The summed E-state index contributed by atoms with van der Waals surface area (Å²) in [6.45, 7) is 5.71. The Kier molecular flexibility index (Phi) is 4.26. The summed E-state index contributed by atoms with van der Waals surface area (Å²) in [6.07, 6.45) is 2.79. The van der Waals surface area contributed by atoms with Crippen molar-refractivity contribution >= 4 is 22.7 Å². The number of hydrogen-bond acceptors (Lipinski definition) is 3. The normalized spacial score (nSPS) is 13.6. The van der Waals surface area contributed by atoms with E-state index in [4.69, 9.17) is 0 Å². The smallest absolute Gasteiger partial charge is 0.252 e. The third-order valence-corrected chi connectivity index (χ3v) is 4.07. The molecule has 0 bridgehead atoms. The summed E-state index contributed by atoms with van der Waals surface area (Å²) in [7, 11) is 0. The van der Waals surface area contributed by atoms with Crippen molar-refractivity contribution in [1.82, 2.24) is 15.6 Å². The van der Waals surface area contributed by atoms with Crippen LogP contribution in [-0.4, -0.2) is 28.9 Å². The minimum absolute atomic E-state index is 0.0263. The van der Waals surface area contributed by atoms with Crippen molar-refractivity contribution in [1.29, 1.82) is 0 Å². The average Bonchev–Trinajstić information content (AvgIpc) is 2.96. The number of rotatable bonds is 3. The van der Waals surface area contributed by atoms with Gasteiger partial charge in [0.05, 0.1) is 17.6 Å². The molecule has 126 valence electrons. The molecule has 1 aliphatic rings. The molecule has 2 aromatic rings. The van der Waals surface area contributed by atoms with E-state index in [1.54, 1.807) is 0 Å². The Hall–Kier alpha value is -2.43. The maximum absolute atomic E-state index is 12.8. The van der Waals surface area contributed by atoms with Gasteiger partial charge in [-0.2, -0.15) is 0 Å². The molecule has 5 heteroatoms. The summed E-state index contributed by atoms with van der Waals surface area (Å²) in [4.78, 5) is 29.4. The first-order chi connectivity index (χ1) is 11.3. The lowest BCUT2D eigenvalue weighted by Crippen LogP contribution is -2.46. The van der Waals surface area contributed by atoms with Crippen LogP contribution in [0.2, 0.25) is 0 Å². The van der Waals surface area contributed by atoms with E-state index >= 15 is 0 Å². The van der Waals surface area contributed by atoms with Gasteiger partial charge in [0.2, 0.25) is 5.91 Å². The van der Waals surface area contributed by atoms with Crippen molar-refractivity contribution in [2.24, 2.45) is 0 Å². The Morgan fingerprint density at radius 3 is 2.67 bits per heavy atom. The number of amides is 2. The molecule has 1 heterocycles. The van der Waals surface area contributed by atoms with E-state index in [2.05, 4.69) is 15.6 Å². The van der Waals surface area contributed by atoms with Crippen LogP contribution in [0.1, 0.15) is 48.8 Å². The van der Waals surface area contributed by atoms with Crippen LogP contribution in [0.5, 0.6) is 0 Å². The van der Waals surface area contributed by atoms with E-state index in [1.165, 1.54) is 0 Å². The van der Waals surface area contributed by atoms with Crippen molar-refractivity contribution in [3.63, 3.8) is 0 Å². The minimum atomic E-state index is -0.313. The Bertz CT molecular complexity index is 806. The molecule has 1 aromatic heterocycles. The van der Waals surface area contributed by atoms with Crippen LogP contribution >= 0.6 is 0 Å². The van der Waals surface area contributed by atoms with Gasteiger partial charge >= 0.3 is 0 Å². The van der Waals surface area contributed by atoms with Gasteiger partial charge in [-0.3, -0.25) is 14.6 Å². The van der Waals surface area contributed by atoms with Gasteiger partial charge in [0.25, 0.3) is 5.91 Å².